The molecule has 2 unspecified atom stereocenters. The molecule has 2 fully saturated rings. The predicted molar refractivity (Wildman–Crippen MR) is 71.5 cm³/mol. The summed E-state index contributed by atoms with van der Waals surface area (Å²) in [6.45, 7) is 4.37. The Morgan fingerprint density at radius 1 is 1.28 bits per heavy atom. The van der Waals surface area contributed by atoms with Crippen LogP contribution in [0, 0.1) is 18.8 Å². The van der Waals surface area contributed by atoms with Crippen LogP contribution in [0.4, 0.5) is 5.82 Å². The summed E-state index contributed by atoms with van der Waals surface area (Å²) in [5, 5.41) is 14.0. The summed E-state index contributed by atoms with van der Waals surface area (Å²) < 4.78 is 1.95. The first-order valence-corrected chi connectivity index (χ1v) is 7.07. The number of anilines is 1. The van der Waals surface area contributed by atoms with Crippen molar-refractivity contribution in [3.05, 3.63) is 11.3 Å². The first-order valence-electron chi connectivity index (χ1n) is 7.07. The first kappa shape index (κ1) is 12.0. The molecule has 2 heterocycles. The quantitative estimate of drug-likeness (QED) is 0.869. The molecule has 4 heteroatoms. The zero-order chi connectivity index (χ0) is 12.7. The Morgan fingerprint density at radius 3 is 2.56 bits per heavy atom. The smallest absolute Gasteiger partial charge is 0.132 e. The minimum atomic E-state index is 0.0981. The highest BCUT2D eigenvalue weighted by Gasteiger charge is 2.32. The number of piperidine rings is 1. The van der Waals surface area contributed by atoms with Gasteiger partial charge in [0.1, 0.15) is 5.82 Å². The zero-order valence-electron chi connectivity index (χ0n) is 11.4. The second-order valence-corrected chi connectivity index (χ2v) is 5.97. The van der Waals surface area contributed by atoms with E-state index in [4.69, 9.17) is 0 Å². The van der Waals surface area contributed by atoms with Crippen LogP contribution in [0.2, 0.25) is 0 Å². The normalized spacial score (nSPS) is 27.6. The lowest BCUT2D eigenvalue weighted by Crippen LogP contribution is -2.43. The first-order chi connectivity index (χ1) is 8.69. The molecule has 1 aromatic rings. The molecule has 1 saturated heterocycles. The fourth-order valence-corrected chi connectivity index (χ4v) is 3.88. The van der Waals surface area contributed by atoms with Crippen molar-refractivity contribution in [2.75, 3.05) is 18.0 Å². The number of fused-ring (bicyclic) bond motifs is 2. The van der Waals surface area contributed by atoms with Gasteiger partial charge in [0.15, 0.2) is 0 Å². The van der Waals surface area contributed by atoms with Crippen molar-refractivity contribution in [3.8, 4) is 0 Å². The molecule has 1 aliphatic heterocycles. The third-order valence-electron chi connectivity index (χ3n) is 4.62. The summed E-state index contributed by atoms with van der Waals surface area (Å²) in [7, 11) is 1.99. The van der Waals surface area contributed by atoms with E-state index in [-0.39, 0.29) is 6.61 Å². The van der Waals surface area contributed by atoms with E-state index in [1.165, 1.54) is 25.7 Å². The van der Waals surface area contributed by atoms with Gasteiger partial charge in [-0.1, -0.05) is 6.42 Å². The van der Waals surface area contributed by atoms with Gasteiger partial charge in [0.25, 0.3) is 0 Å². The molecule has 3 rings (SSSR count). The third-order valence-corrected chi connectivity index (χ3v) is 4.62. The highest BCUT2D eigenvalue weighted by molar-refractivity contribution is 5.50. The van der Waals surface area contributed by atoms with Gasteiger partial charge < -0.3 is 10.0 Å². The summed E-state index contributed by atoms with van der Waals surface area (Å²) in [5.74, 6) is 2.84. The number of aromatic nitrogens is 2. The van der Waals surface area contributed by atoms with Gasteiger partial charge in [-0.15, -0.1) is 0 Å². The molecule has 4 nitrogen and oxygen atoms in total. The minimum Gasteiger partial charge on any atom is -0.391 e. The number of aryl methyl sites for hydroxylation is 2. The van der Waals surface area contributed by atoms with Crippen LogP contribution in [0.5, 0.6) is 0 Å². The molecular weight excluding hydrogens is 226 g/mol. The van der Waals surface area contributed by atoms with E-state index in [1.807, 2.05) is 18.7 Å². The number of aliphatic hydroxyl groups excluding tert-OH is 1. The fraction of sp³-hybridized carbons (Fsp3) is 0.786. The number of rotatable bonds is 2. The van der Waals surface area contributed by atoms with Crippen molar-refractivity contribution in [1.82, 2.24) is 9.78 Å². The Hall–Kier alpha value is -1.03. The summed E-state index contributed by atoms with van der Waals surface area (Å²) >= 11 is 0. The number of hydrogen-bond donors (Lipinski definition) is 1. The van der Waals surface area contributed by atoms with Gasteiger partial charge >= 0.3 is 0 Å². The molecule has 0 radical (unpaired) electrons. The van der Waals surface area contributed by atoms with E-state index >= 15 is 0 Å². The summed E-state index contributed by atoms with van der Waals surface area (Å²) in [4.78, 5) is 2.46. The van der Waals surface area contributed by atoms with Crippen LogP contribution in [-0.4, -0.2) is 28.0 Å². The maximum atomic E-state index is 9.57. The summed E-state index contributed by atoms with van der Waals surface area (Å²) in [6.07, 6.45) is 5.55. The highest BCUT2D eigenvalue weighted by atomic mass is 16.3. The van der Waals surface area contributed by atoms with Gasteiger partial charge in [0.05, 0.1) is 12.3 Å². The van der Waals surface area contributed by atoms with Crippen LogP contribution in [0.3, 0.4) is 0 Å². The van der Waals surface area contributed by atoms with Gasteiger partial charge in [-0.05, 0) is 38.0 Å². The summed E-state index contributed by atoms with van der Waals surface area (Å²) in [6, 6.07) is 0. The molecule has 100 valence electrons. The monoisotopic (exact) mass is 249 g/mol. The lowest BCUT2D eigenvalue weighted by Gasteiger charge is -2.42. The lowest BCUT2D eigenvalue weighted by atomic mass is 9.78. The number of hydrogen-bond acceptors (Lipinski definition) is 3. The average Bonchev–Trinajstić information content (AvgIpc) is 2.62. The minimum absolute atomic E-state index is 0.0981. The van der Waals surface area contributed by atoms with E-state index in [0.717, 1.165) is 42.0 Å². The summed E-state index contributed by atoms with van der Waals surface area (Å²) in [5.41, 5.74) is 1.98. The van der Waals surface area contributed by atoms with Crippen molar-refractivity contribution < 1.29 is 5.11 Å². The fourth-order valence-electron chi connectivity index (χ4n) is 3.88. The second kappa shape index (κ2) is 4.57. The molecule has 1 aliphatic carbocycles. The SMILES string of the molecule is Cc1nn(C)c(N2CC3CCCC(C3)C2)c1CO. The zero-order valence-corrected chi connectivity index (χ0v) is 11.4. The van der Waals surface area contributed by atoms with Gasteiger partial charge in [-0.2, -0.15) is 5.10 Å². The molecule has 2 aliphatic rings. The van der Waals surface area contributed by atoms with Crippen molar-refractivity contribution in [1.29, 1.82) is 0 Å². The van der Waals surface area contributed by atoms with Crippen molar-refractivity contribution in [3.63, 3.8) is 0 Å². The van der Waals surface area contributed by atoms with Gasteiger partial charge in [0.2, 0.25) is 0 Å². The van der Waals surface area contributed by atoms with E-state index in [1.54, 1.807) is 0 Å². The van der Waals surface area contributed by atoms with E-state index < -0.39 is 0 Å². The van der Waals surface area contributed by atoms with E-state index in [2.05, 4.69) is 10.00 Å². The van der Waals surface area contributed by atoms with Crippen LogP contribution >= 0.6 is 0 Å². The molecule has 18 heavy (non-hydrogen) atoms. The molecule has 2 atom stereocenters. The lowest BCUT2D eigenvalue weighted by molar-refractivity contribution is 0.228. The van der Waals surface area contributed by atoms with Crippen molar-refractivity contribution >= 4 is 5.82 Å². The number of aliphatic hydroxyl groups is 1. The van der Waals surface area contributed by atoms with Crippen molar-refractivity contribution in [2.45, 2.75) is 39.2 Å². The van der Waals surface area contributed by atoms with Crippen LogP contribution in [-0.2, 0) is 13.7 Å². The van der Waals surface area contributed by atoms with Crippen LogP contribution < -0.4 is 4.90 Å². The third kappa shape index (κ3) is 1.92. The van der Waals surface area contributed by atoms with Crippen molar-refractivity contribution in [2.24, 2.45) is 18.9 Å². The Labute approximate surface area is 109 Å². The van der Waals surface area contributed by atoms with Crippen LogP contribution in [0.15, 0.2) is 0 Å². The Morgan fingerprint density at radius 2 is 1.94 bits per heavy atom. The predicted octanol–water partition coefficient (Wildman–Crippen LogP) is 1.85. The number of nitrogens with zero attached hydrogens (tertiary/aromatic N) is 3. The largest absolute Gasteiger partial charge is 0.391 e. The van der Waals surface area contributed by atoms with Gasteiger partial charge in [-0.3, -0.25) is 4.68 Å². The Bertz CT molecular complexity index is 428. The molecule has 0 spiro atoms. The molecule has 0 aromatic carbocycles. The standard InChI is InChI=1S/C14H23N3O/c1-10-13(9-18)14(16(2)15-10)17-7-11-4-3-5-12(6-11)8-17/h11-12,18H,3-9H2,1-2H3. The second-order valence-electron chi connectivity index (χ2n) is 5.97. The van der Waals surface area contributed by atoms with Crippen LogP contribution in [0.1, 0.15) is 36.9 Å². The topological polar surface area (TPSA) is 41.3 Å². The Kier molecular flexibility index (Phi) is 3.06. The van der Waals surface area contributed by atoms with Gasteiger partial charge in [0, 0.05) is 25.7 Å². The van der Waals surface area contributed by atoms with Gasteiger partial charge in [-0.25, -0.2) is 0 Å². The Balaban J connectivity index is 1.90. The molecule has 1 aromatic heterocycles. The maximum Gasteiger partial charge on any atom is 0.132 e. The highest BCUT2D eigenvalue weighted by Crippen LogP contribution is 2.37. The average molecular weight is 249 g/mol. The molecule has 2 bridgehead atoms. The molecular formula is C14H23N3O. The molecule has 1 N–H and O–H groups in total. The molecule has 1 saturated carbocycles. The molecule has 0 amide bonds. The van der Waals surface area contributed by atoms with Crippen LogP contribution in [0.25, 0.3) is 0 Å². The van der Waals surface area contributed by atoms with E-state index in [9.17, 15) is 5.11 Å². The maximum absolute atomic E-state index is 9.57. The van der Waals surface area contributed by atoms with E-state index in [0.29, 0.717) is 0 Å².